The highest BCUT2D eigenvalue weighted by molar-refractivity contribution is 9.10. The van der Waals surface area contributed by atoms with Crippen LogP contribution in [0.15, 0.2) is 38.1 Å². The maximum atomic E-state index is 5.96. The van der Waals surface area contributed by atoms with E-state index in [1.54, 1.807) is 6.21 Å². The molecule has 1 aromatic carbocycles. The molecule has 0 unspecified atom stereocenters. The number of aliphatic imine (C=N–C) groups is 1. The van der Waals surface area contributed by atoms with E-state index < -0.39 is 0 Å². The highest BCUT2D eigenvalue weighted by Crippen LogP contribution is 2.29. The topological polar surface area (TPSA) is 28.7 Å². The third kappa shape index (κ3) is 3.39. The molecule has 0 radical (unpaired) electrons. The summed E-state index contributed by atoms with van der Waals surface area (Å²) in [7, 11) is 3.84. The van der Waals surface area contributed by atoms with Crippen molar-refractivity contribution < 1.29 is 4.42 Å². The summed E-state index contributed by atoms with van der Waals surface area (Å²) in [5.74, 6) is 1.46. The molecule has 0 spiro atoms. The average molecular weight is 342 g/mol. The van der Waals surface area contributed by atoms with Gasteiger partial charge in [0.1, 0.15) is 5.76 Å². The van der Waals surface area contributed by atoms with Crippen LogP contribution in [-0.2, 0) is 0 Å². The largest absolute Gasteiger partial charge is 0.438 e. The van der Waals surface area contributed by atoms with Crippen molar-refractivity contribution in [1.29, 1.82) is 0 Å². The van der Waals surface area contributed by atoms with Crippen molar-refractivity contribution in [3.63, 3.8) is 0 Å². The molecule has 0 fully saturated rings. The molecule has 0 atom stereocenters. The molecule has 3 nitrogen and oxygen atoms in total. The molecular weight excluding hydrogens is 328 g/mol. The minimum atomic E-state index is 0.673. The maximum Gasteiger partial charge on any atom is 0.210 e. The summed E-state index contributed by atoms with van der Waals surface area (Å²) in [6.07, 6.45) is 1.69. The molecule has 0 amide bonds. The van der Waals surface area contributed by atoms with Crippen molar-refractivity contribution in [3.8, 4) is 0 Å². The van der Waals surface area contributed by atoms with Crippen molar-refractivity contribution in [2.45, 2.75) is 6.92 Å². The summed E-state index contributed by atoms with van der Waals surface area (Å²) in [4.78, 5) is 6.30. The lowest BCUT2D eigenvalue weighted by molar-refractivity contribution is 0.557. The summed E-state index contributed by atoms with van der Waals surface area (Å²) in [6, 6.07) is 7.51. The van der Waals surface area contributed by atoms with Crippen LogP contribution in [0.2, 0.25) is 5.02 Å². The summed E-state index contributed by atoms with van der Waals surface area (Å²) in [5, 5.41) is 0.673. The van der Waals surface area contributed by atoms with Crippen molar-refractivity contribution in [1.82, 2.24) is 0 Å². The quantitative estimate of drug-likeness (QED) is 0.749. The van der Waals surface area contributed by atoms with Crippen LogP contribution in [0, 0.1) is 6.92 Å². The Bertz CT molecular complexity index is 620. The predicted molar refractivity (Wildman–Crippen MR) is 84.2 cm³/mol. The lowest BCUT2D eigenvalue weighted by Crippen LogP contribution is -2.07. The van der Waals surface area contributed by atoms with Gasteiger partial charge >= 0.3 is 0 Å². The summed E-state index contributed by atoms with van der Waals surface area (Å²) in [5.41, 5.74) is 1.91. The van der Waals surface area contributed by atoms with E-state index in [4.69, 9.17) is 16.0 Å². The molecule has 1 aromatic heterocycles. The van der Waals surface area contributed by atoms with Crippen LogP contribution in [0.5, 0.6) is 0 Å². The van der Waals surface area contributed by atoms with Crippen LogP contribution < -0.4 is 4.90 Å². The lowest BCUT2D eigenvalue weighted by Gasteiger charge is -2.07. The Labute approximate surface area is 126 Å². The van der Waals surface area contributed by atoms with E-state index in [2.05, 4.69) is 20.9 Å². The average Bonchev–Trinajstić information content (AvgIpc) is 2.72. The zero-order valence-electron chi connectivity index (χ0n) is 10.9. The van der Waals surface area contributed by atoms with E-state index >= 15 is 0 Å². The van der Waals surface area contributed by atoms with Gasteiger partial charge in [-0.05, 0) is 40.5 Å². The standard InChI is InChI=1S/C14H14BrClN2O/c1-9-4-5-10(16)6-13(9)17-8-11-7-12(15)14(19-11)18(2)3/h4-8H,1-3H3. The smallest absolute Gasteiger partial charge is 0.210 e. The molecule has 0 saturated heterocycles. The van der Waals surface area contributed by atoms with Crippen molar-refractivity contribution in [2.24, 2.45) is 4.99 Å². The number of nitrogens with zero attached hydrogens (tertiary/aromatic N) is 2. The molecule has 0 aliphatic carbocycles. The first-order valence-electron chi connectivity index (χ1n) is 5.74. The summed E-state index contributed by atoms with van der Waals surface area (Å²) < 4.78 is 6.57. The fourth-order valence-electron chi connectivity index (χ4n) is 1.60. The van der Waals surface area contributed by atoms with Crippen LogP contribution in [0.25, 0.3) is 0 Å². The van der Waals surface area contributed by atoms with Gasteiger partial charge in [0.15, 0.2) is 0 Å². The van der Waals surface area contributed by atoms with Crippen LogP contribution in [0.1, 0.15) is 11.3 Å². The Morgan fingerprint density at radius 1 is 1.32 bits per heavy atom. The Kier molecular flexibility index (Phi) is 4.32. The number of halogens is 2. The fraction of sp³-hybridized carbons (Fsp3) is 0.214. The van der Waals surface area contributed by atoms with Gasteiger partial charge in [-0.1, -0.05) is 17.7 Å². The van der Waals surface area contributed by atoms with Crippen LogP contribution in [0.4, 0.5) is 11.6 Å². The molecule has 2 aromatic rings. The van der Waals surface area contributed by atoms with E-state index in [0.717, 1.165) is 21.6 Å². The normalized spacial score (nSPS) is 11.2. The SMILES string of the molecule is Cc1ccc(Cl)cc1N=Cc1cc(Br)c(N(C)C)o1. The van der Waals surface area contributed by atoms with Gasteiger partial charge in [-0.2, -0.15) is 0 Å². The molecule has 100 valence electrons. The third-order valence-corrected chi connectivity index (χ3v) is 3.40. The molecule has 5 heteroatoms. The first kappa shape index (κ1) is 14.2. The summed E-state index contributed by atoms with van der Waals surface area (Å²) >= 11 is 9.41. The van der Waals surface area contributed by atoms with Gasteiger partial charge in [0, 0.05) is 25.2 Å². The second kappa shape index (κ2) is 5.80. The third-order valence-electron chi connectivity index (χ3n) is 2.60. The molecular formula is C14H14BrClN2O. The lowest BCUT2D eigenvalue weighted by atomic mass is 10.2. The van der Waals surface area contributed by atoms with Gasteiger partial charge in [-0.3, -0.25) is 4.99 Å². The van der Waals surface area contributed by atoms with Crippen molar-refractivity contribution in [3.05, 3.63) is 45.1 Å². The van der Waals surface area contributed by atoms with Gasteiger partial charge in [-0.25, -0.2) is 0 Å². The number of anilines is 1. The highest BCUT2D eigenvalue weighted by atomic mass is 79.9. The molecule has 0 bridgehead atoms. The highest BCUT2D eigenvalue weighted by Gasteiger charge is 2.09. The molecule has 0 aliphatic rings. The Morgan fingerprint density at radius 3 is 2.68 bits per heavy atom. The maximum absolute atomic E-state index is 5.96. The van der Waals surface area contributed by atoms with E-state index in [9.17, 15) is 0 Å². The first-order valence-corrected chi connectivity index (χ1v) is 6.91. The fourth-order valence-corrected chi connectivity index (χ4v) is 2.43. The predicted octanol–water partition coefficient (Wildman–Crippen LogP) is 4.82. The molecule has 0 N–H and O–H groups in total. The zero-order chi connectivity index (χ0) is 14.0. The van der Waals surface area contributed by atoms with Gasteiger partial charge in [0.2, 0.25) is 5.88 Å². The Morgan fingerprint density at radius 2 is 2.05 bits per heavy atom. The minimum Gasteiger partial charge on any atom is -0.438 e. The minimum absolute atomic E-state index is 0.673. The van der Waals surface area contributed by atoms with Crippen molar-refractivity contribution in [2.75, 3.05) is 19.0 Å². The van der Waals surface area contributed by atoms with Crippen LogP contribution in [0.3, 0.4) is 0 Å². The van der Waals surface area contributed by atoms with Gasteiger partial charge in [0.25, 0.3) is 0 Å². The number of hydrogen-bond donors (Lipinski definition) is 0. The first-order chi connectivity index (χ1) is 8.97. The van der Waals surface area contributed by atoms with Crippen LogP contribution >= 0.6 is 27.5 Å². The second-order valence-corrected chi connectivity index (χ2v) is 5.68. The Balaban J connectivity index is 2.27. The van der Waals surface area contributed by atoms with Gasteiger partial charge in [0.05, 0.1) is 16.4 Å². The number of hydrogen-bond acceptors (Lipinski definition) is 3. The summed E-state index contributed by atoms with van der Waals surface area (Å²) in [6.45, 7) is 1.99. The molecule has 2 rings (SSSR count). The Hall–Kier alpha value is -1.26. The number of aryl methyl sites for hydroxylation is 1. The molecule has 0 aliphatic heterocycles. The number of rotatable bonds is 3. The monoisotopic (exact) mass is 340 g/mol. The second-order valence-electron chi connectivity index (χ2n) is 4.39. The van der Waals surface area contributed by atoms with E-state index in [0.29, 0.717) is 10.8 Å². The number of furan rings is 1. The van der Waals surface area contributed by atoms with E-state index in [1.165, 1.54) is 0 Å². The van der Waals surface area contributed by atoms with E-state index in [1.807, 2.05) is 50.2 Å². The van der Waals surface area contributed by atoms with E-state index in [-0.39, 0.29) is 0 Å². The van der Waals surface area contributed by atoms with Gasteiger partial charge < -0.3 is 9.32 Å². The molecule has 0 saturated carbocycles. The van der Waals surface area contributed by atoms with Gasteiger partial charge in [-0.15, -0.1) is 0 Å². The molecule has 1 heterocycles. The zero-order valence-corrected chi connectivity index (χ0v) is 13.3. The van der Waals surface area contributed by atoms with Crippen molar-refractivity contribution >= 4 is 45.3 Å². The van der Waals surface area contributed by atoms with Crippen LogP contribution in [-0.4, -0.2) is 20.3 Å². The number of benzene rings is 1. The molecule has 19 heavy (non-hydrogen) atoms.